The molecule has 154 valence electrons. The van der Waals surface area contributed by atoms with Crippen LogP contribution in [-0.2, 0) is 22.4 Å². The van der Waals surface area contributed by atoms with Crippen molar-refractivity contribution in [2.24, 2.45) is 0 Å². The number of ether oxygens (including phenoxy) is 1. The predicted octanol–water partition coefficient (Wildman–Crippen LogP) is 2.89. The average molecular weight is 396 g/mol. The third-order valence-electron chi connectivity index (χ3n) is 5.93. The number of anilines is 1. The van der Waals surface area contributed by atoms with Crippen LogP contribution in [0.25, 0.3) is 0 Å². The molecule has 0 unspecified atom stereocenters. The number of carbonyl (C=O) groups is 2. The molecule has 0 spiro atoms. The van der Waals surface area contributed by atoms with Crippen molar-refractivity contribution in [3.63, 3.8) is 0 Å². The van der Waals surface area contributed by atoms with Gasteiger partial charge in [0.05, 0.1) is 17.6 Å². The van der Waals surface area contributed by atoms with Crippen molar-refractivity contribution in [1.29, 1.82) is 0 Å². The van der Waals surface area contributed by atoms with E-state index in [0.717, 1.165) is 43.5 Å². The van der Waals surface area contributed by atoms with Gasteiger partial charge in [0, 0.05) is 31.7 Å². The number of aromatic nitrogens is 2. The monoisotopic (exact) mass is 396 g/mol. The molecule has 29 heavy (non-hydrogen) atoms. The highest BCUT2D eigenvalue weighted by Crippen LogP contribution is 2.31. The Morgan fingerprint density at radius 1 is 1.24 bits per heavy atom. The Hall–Kier alpha value is -2.67. The minimum Gasteiger partial charge on any atom is -0.375 e. The van der Waals surface area contributed by atoms with E-state index in [1.807, 2.05) is 11.0 Å². The van der Waals surface area contributed by atoms with Gasteiger partial charge in [-0.1, -0.05) is 6.07 Å². The first-order valence-corrected chi connectivity index (χ1v) is 10.4. The fourth-order valence-corrected chi connectivity index (χ4v) is 4.47. The first-order chi connectivity index (χ1) is 14.2. The van der Waals surface area contributed by atoms with Crippen molar-refractivity contribution in [2.45, 2.75) is 44.4 Å². The summed E-state index contributed by atoms with van der Waals surface area (Å²) in [7, 11) is 1.49. The largest absolute Gasteiger partial charge is 0.375 e. The molecule has 0 saturated carbocycles. The quantitative estimate of drug-likeness (QED) is 0.814. The Morgan fingerprint density at radius 2 is 2.07 bits per heavy atom. The van der Waals surface area contributed by atoms with Gasteiger partial charge in [0.15, 0.2) is 0 Å². The van der Waals surface area contributed by atoms with E-state index in [9.17, 15) is 9.59 Å². The van der Waals surface area contributed by atoms with Gasteiger partial charge in [-0.25, -0.2) is 0 Å². The van der Waals surface area contributed by atoms with Crippen molar-refractivity contribution in [2.75, 3.05) is 32.1 Å². The Kier molecular flexibility index (Phi) is 5.94. The maximum atomic E-state index is 13.2. The number of nitrogens with zero attached hydrogens (tertiary/aromatic N) is 2. The first kappa shape index (κ1) is 19.6. The van der Waals surface area contributed by atoms with E-state index in [2.05, 4.69) is 27.6 Å². The van der Waals surface area contributed by atoms with Crippen LogP contribution in [0.2, 0.25) is 0 Å². The smallest absolute Gasteiger partial charge is 0.253 e. The summed E-state index contributed by atoms with van der Waals surface area (Å²) in [5.74, 6) is -0.00817. The van der Waals surface area contributed by atoms with Crippen LogP contribution in [0.4, 0.5) is 5.69 Å². The van der Waals surface area contributed by atoms with Gasteiger partial charge in [0.25, 0.3) is 5.91 Å². The van der Waals surface area contributed by atoms with Crippen LogP contribution in [-0.4, -0.2) is 53.7 Å². The highest BCUT2D eigenvalue weighted by molar-refractivity contribution is 5.95. The molecule has 2 heterocycles. The van der Waals surface area contributed by atoms with Crippen molar-refractivity contribution in [1.82, 2.24) is 15.1 Å². The topological polar surface area (TPSA) is 87.3 Å². The van der Waals surface area contributed by atoms with Gasteiger partial charge in [-0.3, -0.25) is 14.7 Å². The second kappa shape index (κ2) is 8.78. The van der Waals surface area contributed by atoms with Crippen LogP contribution in [0, 0.1) is 0 Å². The summed E-state index contributed by atoms with van der Waals surface area (Å²) < 4.78 is 4.88. The molecule has 4 rings (SSSR count). The third-order valence-corrected chi connectivity index (χ3v) is 5.93. The highest BCUT2D eigenvalue weighted by atomic mass is 16.5. The number of hydrogen-bond acceptors (Lipinski definition) is 4. The summed E-state index contributed by atoms with van der Waals surface area (Å²) in [6.45, 7) is 1.37. The second-order valence-electron chi connectivity index (χ2n) is 7.96. The van der Waals surface area contributed by atoms with Gasteiger partial charge < -0.3 is 15.0 Å². The van der Waals surface area contributed by atoms with Crippen LogP contribution < -0.4 is 5.32 Å². The number of benzene rings is 1. The van der Waals surface area contributed by atoms with E-state index in [1.54, 1.807) is 6.20 Å². The zero-order chi connectivity index (χ0) is 20.2. The first-order valence-electron chi connectivity index (χ1n) is 10.4. The van der Waals surface area contributed by atoms with E-state index < -0.39 is 0 Å². The molecule has 7 heteroatoms. The normalized spacial score (nSPS) is 18.9. The van der Waals surface area contributed by atoms with Crippen LogP contribution in [0.15, 0.2) is 24.4 Å². The lowest BCUT2D eigenvalue weighted by Gasteiger charge is -2.33. The minimum atomic E-state index is -0.215. The number of hydrogen-bond donors (Lipinski definition) is 2. The van der Waals surface area contributed by atoms with Crippen molar-refractivity contribution >= 4 is 17.5 Å². The SMILES string of the molecule is COCC(=O)Nc1cn[nH]c1[C@@H]1CCCN(C(=O)c2ccc3c(c2)CCCC3)C1. The molecule has 1 aliphatic carbocycles. The van der Waals surface area contributed by atoms with Gasteiger partial charge in [0.1, 0.15) is 6.61 Å². The summed E-state index contributed by atoms with van der Waals surface area (Å²) in [6, 6.07) is 6.19. The molecule has 1 aromatic carbocycles. The summed E-state index contributed by atoms with van der Waals surface area (Å²) in [4.78, 5) is 27.0. The molecule has 1 atom stereocenters. The molecular formula is C22H28N4O3. The van der Waals surface area contributed by atoms with Gasteiger partial charge in [0.2, 0.25) is 5.91 Å². The van der Waals surface area contributed by atoms with E-state index in [0.29, 0.717) is 12.2 Å². The van der Waals surface area contributed by atoms with Gasteiger partial charge in [-0.05, 0) is 61.8 Å². The van der Waals surface area contributed by atoms with Crippen molar-refractivity contribution in [3.05, 3.63) is 46.8 Å². The lowest BCUT2D eigenvalue weighted by molar-refractivity contribution is -0.119. The van der Waals surface area contributed by atoms with Crippen LogP contribution >= 0.6 is 0 Å². The predicted molar refractivity (Wildman–Crippen MR) is 110 cm³/mol. The number of aryl methyl sites for hydroxylation is 2. The van der Waals surface area contributed by atoms with E-state index >= 15 is 0 Å². The number of likely N-dealkylation sites (tertiary alicyclic amines) is 1. The van der Waals surface area contributed by atoms with E-state index in [4.69, 9.17) is 4.74 Å². The Balaban J connectivity index is 1.47. The Labute approximate surface area is 170 Å². The van der Waals surface area contributed by atoms with Crippen LogP contribution in [0.3, 0.4) is 0 Å². The number of methoxy groups -OCH3 is 1. The second-order valence-corrected chi connectivity index (χ2v) is 7.96. The van der Waals surface area contributed by atoms with Gasteiger partial charge in [-0.15, -0.1) is 0 Å². The number of H-pyrrole nitrogens is 1. The summed E-state index contributed by atoms with van der Waals surface area (Å²) in [5, 5.41) is 9.96. The maximum Gasteiger partial charge on any atom is 0.253 e. The molecule has 0 radical (unpaired) electrons. The zero-order valence-electron chi connectivity index (χ0n) is 16.9. The number of carbonyl (C=O) groups excluding carboxylic acids is 2. The van der Waals surface area contributed by atoms with E-state index in [1.165, 1.54) is 31.1 Å². The molecule has 1 aromatic heterocycles. The lowest BCUT2D eigenvalue weighted by Crippen LogP contribution is -2.39. The molecule has 2 amide bonds. The molecule has 2 aromatic rings. The number of piperidine rings is 1. The van der Waals surface area contributed by atoms with E-state index in [-0.39, 0.29) is 24.3 Å². The molecule has 2 N–H and O–H groups in total. The van der Waals surface area contributed by atoms with Crippen molar-refractivity contribution < 1.29 is 14.3 Å². The van der Waals surface area contributed by atoms with Gasteiger partial charge in [-0.2, -0.15) is 5.10 Å². The zero-order valence-corrected chi connectivity index (χ0v) is 16.9. The summed E-state index contributed by atoms with van der Waals surface area (Å²) >= 11 is 0. The fraction of sp³-hybridized carbons (Fsp3) is 0.500. The summed E-state index contributed by atoms with van der Waals surface area (Å²) in [6.07, 6.45) is 8.11. The molecular weight excluding hydrogens is 368 g/mol. The minimum absolute atomic E-state index is 0.00176. The molecule has 7 nitrogen and oxygen atoms in total. The molecule has 1 aliphatic heterocycles. The number of amides is 2. The average Bonchev–Trinajstić information content (AvgIpc) is 3.21. The van der Waals surface area contributed by atoms with Crippen LogP contribution in [0.1, 0.15) is 58.8 Å². The number of rotatable bonds is 5. The number of fused-ring (bicyclic) bond motifs is 1. The lowest BCUT2D eigenvalue weighted by atomic mass is 9.89. The number of nitrogens with one attached hydrogen (secondary N) is 2. The molecule has 2 aliphatic rings. The Bertz CT molecular complexity index is 892. The third kappa shape index (κ3) is 4.34. The van der Waals surface area contributed by atoms with Gasteiger partial charge >= 0.3 is 0 Å². The number of aromatic amines is 1. The fourth-order valence-electron chi connectivity index (χ4n) is 4.47. The molecule has 0 bridgehead atoms. The standard InChI is InChI=1S/C22H28N4O3/c1-29-14-20(27)24-19-12-23-25-21(19)18-7-4-10-26(13-18)22(28)17-9-8-15-5-2-3-6-16(15)11-17/h8-9,11-12,18H,2-7,10,13-14H2,1H3,(H,23,25)(H,24,27)/t18-/m1/s1. The molecule has 1 fully saturated rings. The van der Waals surface area contributed by atoms with Crippen LogP contribution in [0.5, 0.6) is 0 Å². The Morgan fingerprint density at radius 3 is 2.90 bits per heavy atom. The maximum absolute atomic E-state index is 13.2. The summed E-state index contributed by atoms with van der Waals surface area (Å²) in [5.41, 5.74) is 5.03. The molecule has 1 saturated heterocycles. The highest BCUT2D eigenvalue weighted by Gasteiger charge is 2.28. The van der Waals surface area contributed by atoms with Crippen molar-refractivity contribution in [3.8, 4) is 0 Å².